The molecule has 4 rings (SSSR count). The van der Waals surface area contributed by atoms with E-state index in [-0.39, 0.29) is 5.91 Å². The van der Waals surface area contributed by atoms with Gasteiger partial charge in [0.1, 0.15) is 5.65 Å². The number of pyridine rings is 1. The largest absolute Gasteiger partial charge is 0.340 e. The van der Waals surface area contributed by atoms with E-state index in [1.807, 2.05) is 34.7 Å². The van der Waals surface area contributed by atoms with Gasteiger partial charge in [0, 0.05) is 61.9 Å². The summed E-state index contributed by atoms with van der Waals surface area (Å²) in [6, 6.07) is 8.24. The fraction of sp³-hybridized carbons (Fsp3) is 0.429. The van der Waals surface area contributed by atoms with Crippen LogP contribution in [0.1, 0.15) is 17.4 Å². The fourth-order valence-corrected chi connectivity index (χ4v) is 4.50. The Kier molecular flexibility index (Phi) is 5.55. The number of piperazine rings is 1. The van der Waals surface area contributed by atoms with E-state index in [1.54, 1.807) is 11.3 Å². The molecule has 1 fully saturated rings. The number of hydrogen-bond acceptors (Lipinski definition) is 4. The van der Waals surface area contributed by atoms with E-state index < -0.39 is 0 Å². The van der Waals surface area contributed by atoms with Crippen LogP contribution in [0.5, 0.6) is 0 Å². The van der Waals surface area contributed by atoms with Crippen LogP contribution in [0.2, 0.25) is 0 Å². The van der Waals surface area contributed by atoms with Gasteiger partial charge in [0.2, 0.25) is 5.91 Å². The van der Waals surface area contributed by atoms with Gasteiger partial charge in [-0.1, -0.05) is 6.07 Å². The van der Waals surface area contributed by atoms with E-state index in [4.69, 9.17) is 0 Å². The van der Waals surface area contributed by atoms with E-state index in [0.717, 1.165) is 56.2 Å². The van der Waals surface area contributed by atoms with Crippen molar-refractivity contribution in [3.05, 3.63) is 52.5 Å². The number of nitrogens with zero attached hydrogens (tertiary/aromatic N) is 4. The molecule has 0 N–H and O–H groups in total. The SMILES string of the molecule is CCn1cc(CCN2CCN(C(=O)Cc3cccs3)CC2)c2cccnc21. The van der Waals surface area contributed by atoms with Crippen molar-refractivity contribution in [2.75, 3.05) is 32.7 Å². The molecule has 1 aliphatic heterocycles. The van der Waals surface area contributed by atoms with Crippen LogP contribution in [0, 0.1) is 0 Å². The summed E-state index contributed by atoms with van der Waals surface area (Å²) in [7, 11) is 0. The molecule has 0 aliphatic carbocycles. The molecule has 6 heteroatoms. The average molecular weight is 383 g/mol. The highest BCUT2D eigenvalue weighted by molar-refractivity contribution is 7.10. The van der Waals surface area contributed by atoms with Gasteiger partial charge >= 0.3 is 0 Å². The minimum Gasteiger partial charge on any atom is -0.340 e. The summed E-state index contributed by atoms with van der Waals surface area (Å²) < 4.78 is 2.23. The van der Waals surface area contributed by atoms with Crippen LogP contribution in [-0.2, 0) is 24.2 Å². The summed E-state index contributed by atoms with van der Waals surface area (Å²) in [6.07, 6.45) is 5.68. The predicted octanol–water partition coefficient (Wildman–Crippen LogP) is 3.05. The number of fused-ring (bicyclic) bond motifs is 1. The first-order chi connectivity index (χ1) is 13.2. The van der Waals surface area contributed by atoms with Crippen LogP contribution in [0.15, 0.2) is 42.0 Å². The zero-order chi connectivity index (χ0) is 18.6. The van der Waals surface area contributed by atoms with Crippen LogP contribution in [0.25, 0.3) is 11.0 Å². The number of amides is 1. The van der Waals surface area contributed by atoms with Crippen LogP contribution < -0.4 is 0 Å². The van der Waals surface area contributed by atoms with E-state index in [9.17, 15) is 4.79 Å². The Labute approximate surface area is 164 Å². The van der Waals surface area contributed by atoms with E-state index in [2.05, 4.69) is 33.6 Å². The topological polar surface area (TPSA) is 41.4 Å². The number of carbonyl (C=O) groups is 1. The number of hydrogen-bond donors (Lipinski definition) is 0. The Morgan fingerprint density at radius 1 is 1.19 bits per heavy atom. The fourth-order valence-electron chi connectivity index (χ4n) is 3.81. The van der Waals surface area contributed by atoms with Gasteiger partial charge in [-0.15, -0.1) is 11.3 Å². The third kappa shape index (κ3) is 4.06. The standard InChI is InChI=1S/C21H26N4OS/c1-2-24-16-17(19-6-3-8-22-21(19)24)7-9-23-10-12-25(13-11-23)20(26)15-18-5-4-14-27-18/h3-6,8,14,16H,2,7,9-13,15H2,1H3. The lowest BCUT2D eigenvalue weighted by molar-refractivity contribution is -0.132. The number of aryl methyl sites for hydroxylation is 1. The van der Waals surface area contributed by atoms with E-state index >= 15 is 0 Å². The zero-order valence-electron chi connectivity index (χ0n) is 15.8. The van der Waals surface area contributed by atoms with Crippen LogP contribution in [0.3, 0.4) is 0 Å². The minimum absolute atomic E-state index is 0.259. The van der Waals surface area contributed by atoms with Crippen molar-refractivity contribution in [1.82, 2.24) is 19.4 Å². The third-order valence-corrected chi connectivity index (χ3v) is 6.26. The molecule has 4 heterocycles. The Morgan fingerprint density at radius 2 is 2.04 bits per heavy atom. The summed E-state index contributed by atoms with van der Waals surface area (Å²) in [4.78, 5) is 22.6. The van der Waals surface area contributed by atoms with Crippen LogP contribution in [0.4, 0.5) is 0 Å². The van der Waals surface area contributed by atoms with Crippen molar-refractivity contribution in [3.8, 4) is 0 Å². The first-order valence-electron chi connectivity index (χ1n) is 9.70. The number of aromatic nitrogens is 2. The van der Waals surface area contributed by atoms with Gasteiger partial charge in [-0.3, -0.25) is 9.69 Å². The summed E-state index contributed by atoms with van der Waals surface area (Å²) in [5, 5.41) is 3.30. The molecule has 0 atom stereocenters. The third-order valence-electron chi connectivity index (χ3n) is 5.38. The van der Waals surface area contributed by atoms with Gasteiger partial charge < -0.3 is 9.47 Å². The predicted molar refractivity (Wildman–Crippen MR) is 110 cm³/mol. The minimum atomic E-state index is 0.259. The summed E-state index contributed by atoms with van der Waals surface area (Å²) in [6.45, 7) is 7.72. The molecule has 0 spiro atoms. The highest BCUT2D eigenvalue weighted by Crippen LogP contribution is 2.20. The molecule has 1 amide bonds. The van der Waals surface area contributed by atoms with Crippen molar-refractivity contribution >= 4 is 28.3 Å². The molecule has 0 bridgehead atoms. The van der Waals surface area contributed by atoms with Gasteiger partial charge in [0.15, 0.2) is 0 Å². The van der Waals surface area contributed by atoms with Gasteiger partial charge in [-0.05, 0) is 42.5 Å². The number of rotatable bonds is 6. The maximum atomic E-state index is 12.4. The Hall–Kier alpha value is -2.18. The summed E-state index contributed by atoms with van der Waals surface area (Å²) in [5.74, 6) is 0.259. The second-order valence-corrected chi connectivity index (χ2v) is 8.08. The molecule has 0 radical (unpaired) electrons. The molecule has 0 aromatic carbocycles. The molecule has 3 aromatic rings. The van der Waals surface area contributed by atoms with Crippen LogP contribution in [-0.4, -0.2) is 58.0 Å². The molecule has 142 valence electrons. The van der Waals surface area contributed by atoms with Crippen LogP contribution >= 0.6 is 11.3 Å². The van der Waals surface area contributed by atoms with E-state index in [0.29, 0.717) is 6.42 Å². The molecular weight excluding hydrogens is 356 g/mol. The van der Waals surface area contributed by atoms with Crippen molar-refractivity contribution in [2.45, 2.75) is 26.3 Å². The van der Waals surface area contributed by atoms with Gasteiger partial charge in [0.25, 0.3) is 0 Å². The highest BCUT2D eigenvalue weighted by Gasteiger charge is 2.21. The maximum Gasteiger partial charge on any atom is 0.227 e. The average Bonchev–Trinajstić information content (AvgIpc) is 3.34. The van der Waals surface area contributed by atoms with Gasteiger partial charge in [0.05, 0.1) is 6.42 Å². The van der Waals surface area contributed by atoms with Crippen molar-refractivity contribution in [3.63, 3.8) is 0 Å². The van der Waals surface area contributed by atoms with Gasteiger partial charge in [-0.2, -0.15) is 0 Å². The Bertz CT molecular complexity index is 894. The number of carbonyl (C=O) groups excluding carboxylic acids is 1. The van der Waals surface area contributed by atoms with E-state index in [1.165, 1.54) is 10.9 Å². The van der Waals surface area contributed by atoms with Gasteiger partial charge in [-0.25, -0.2) is 4.98 Å². The molecule has 27 heavy (non-hydrogen) atoms. The summed E-state index contributed by atoms with van der Waals surface area (Å²) >= 11 is 1.66. The quantitative estimate of drug-likeness (QED) is 0.658. The monoisotopic (exact) mass is 382 g/mol. The second-order valence-electron chi connectivity index (χ2n) is 7.04. The molecule has 0 unspecified atom stereocenters. The zero-order valence-corrected chi connectivity index (χ0v) is 16.6. The molecule has 1 aliphatic rings. The lowest BCUT2D eigenvalue weighted by Gasteiger charge is -2.34. The Balaban J connectivity index is 1.30. The molecule has 5 nitrogen and oxygen atoms in total. The lowest BCUT2D eigenvalue weighted by atomic mass is 10.1. The Morgan fingerprint density at radius 3 is 2.78 bits per heavy atom. The summed E-state index contributed by atoms with van der Waals surface area (Å²) in [5.41, 5.74) is 2.45. The highest BCUT2D eigenvalue weighted by atomic mass is 32.1. The molecule has 0 saturated carbocycles. The normalized spacial score (nSPS) is 15.5. The van der Waals surface area contributed by atoms with Crippen molar-refractivity contribution in [1.29, 1.82) is 0 Å². The molecular formula is C21H26N4OS. The van der Waals surface area contributed by atoms with Crippen molar-refractivity contribution < 1.29 is 4.79 Å². The molecule has 3 aromatic heterocycles. The lowest BCUT2D eigenvalue weighted by Crippen LogP contribution is -2.49. The smallest absolute Gasteiger partial charge is 0.227 e. The number of thiophene rings is 1. The maximum absolute atomic E-state index is 12.4. The first-order valence-corrected chi connectivity index (χ1v) is 10.6. The van der Waals surface area contributed by atoms with Crippen molar-refractivity contribution in [2.24, 2.45) is 0 Å². The molecule has 1 saturated heterocycles. The first kappa shape index (κ1) is 18.2. The second kappa shape index (κ2) is 8.23.